The largest absolute Gasteiger partial charge is 0.331 e. The second-order valence-electron chi connectivity index (χ2n) is 7.30. The first-order chi connectivity index (χ1) is 12.0. The van der Waals surface area contributed by atoms with Crippen molar-refractivity contribution < 1.29 is 14.5 Å². The van der Waals surface area contributed by atoms with Gasteiger partial charge in [-0.15, -0.1) is 0 Å². The summed E-state index contributed by atoms with van der Waals surface area (Å²) in [5.41, 5.74) is 2.07. The van der Waals surface area contributed by atoms with Gasteiger partial charge in [-0.25, -0.2) is 0 Å². The van der Waals surface area contributed by atoms with Crippen molar-refractivity contribution in [2.75, 3.05) is 38.0 Å². The van der Waals surface area contributed by atoms with E-state index in [-0.39, 0.29) is 11.8 Å². The van der Waals surface area contributed by atoms with E-state index in [4.69, 9.17) is 0 Å². The Morgan fingerprint density at radius 1 is 1.20 bits per heavy atom. The summed E-state index contributed by atoms with van der Waals surface area (Å²) in [6, 6.07) is 7.94. The molecule has 2 amide bonds. The summed E-state index contributed by atoms with van der Waals surface area (Å²) in [6.45, 7) is 10.0. The summed E-state index contributed by atoms with van der Waals surface area (Å²) in [4.78, 5) is 27.7. The second kappa shape index (κ2) is 9.56. The highest BCUT2D eigenvalue weighted by molar-refractivity contribution is 5.92. The van der Waals surface area contributed by atoms with Gasteiger partial charge in [-0.2, -0.15) is 0 Å². The number of hydrogen-bond donors (Lipinski definition) is 2. The first-order valence-electron chi connectivity index (χ1n) is 9.48. The van der Waals surface area contributed by atoms with Crippen LogP contribution in [0.1, 0.15) is 39.2 Å². The van der Waals surface area contributed by atoms with Crippen LogP contribution >= 0.6 is 0 Å². The normalized spacial score (nSPS) is 15.4. The molecule has 0 spiro atoms. The van der Waals surface area contributed by atoms with Crippen LogP contribution in [-0.4, -0.2) is 49.4 Å². The number of quaternary nitrogens is 1. The molecule has 0 aliphatic carbocycles. The van der Waals surface area contributed by atoms with E-state index >= 15 is 0 Å². The zero-order chi connectivity index (χ0) is 18.2. The molecule has 2 N–H and O–H groups in total. The smallest absolute Gasteiger partial charge is 0.279 e. The number of nitrogens with one attached hydrogen (secondary N) is 2. The first-order valence-corrected chi connectivity index (χ1v) is 9.48. The fraction of sp³-hybridized carbons (Fsp3) is 0.600. The molecule has 0 unspecified atom stereocenters. The average Bonchev–Trinajstić information content (AvgIpc) is 2.60. The SMILES string of the molecule is CCc1ccccc1NC(=O)C[NH+]1CCN(C(=O)CCC(C)C)CC1. The van der Waals surface area contributed by atoms with Gasteiger partial charge in [0.05, 0.1) is 26.2 Å². The highest BCUT2D eigenvalue weighted by Gasteiger charge is 2.25. The molecule has 5 heteroatoms. The van der Waals surface area contributed by atoms with Crippen molar-refractivity contribution in [1.82, 2.24) is 4.90 Å². The van der Waals surface area contributed by atoms with Gasteiger partial charge < -0.3 is 15.1 Å². The summed E-state index contributed by atoms with van der Waals surface area (Å²) in [7, 11) is 0. The Morgan fingerprint density at radius 3 is 2.52 bits per heavy atom. The van der Waals surface area contributed by atoms with Gasteiger partial charge in [0.25, 0.3) is 5.91 Å². The lowest BCUT2D eigenvalue weighted by Gasteiger charge is -2.32. The standard InChI is InChI=1S/C20H31N3O2/c1-4-17-7-5-6-8-18(17)21-19(24)15-22-11-13-23(14-12-22)20(25)10-9-16(2)3/h5-8,16H,4,9-15H2,1-3H3,(H,21,24)/p+1. The number of carbonyl (C=O) groups is 2. The minimum atomic E-state index is 0.0514. The number of hydrogen-bond acceptors (Lipinski definition) is 2. The zero-order valence-corrected chi connectivity index (χ0v) is 15.8. The van der Waals surface area contributed by atoms with E-state index in [2.05, 4.69) is 26.1 Å². The number of piperazine rings is 1. The number of rotatable bonds is 7. The van der Waals surface area contributed by atoms with Crippen LogP contribution in [0.3, 0.4) is 0 Å². The topological polar surface area (TPSA) is 53.9 Å². The van der Waals surface area contributed by atoms with Gasteiger partial charge in [-0.05, 0) is 30.4 Å². The van der Waals surface area contributed by atoms with Crippen LogP contribution in [0, 0.1) is 5.92 Å². The number of nitrogens with zero attached hydrogens (tertiary/aromatic N) is 1. The van der Waals surface area contributed by atoms with E-state index in [0.717, 1.165) is 50.3 Å². The van der Waals surface area contributed by atoms with Crippen molar-refractivity contribution in [1.29, 1.82) is 0 Å². The molecule has 2 rings (SSSR count). The van der Waals surface area contributed by atoms with Crippen LogP contribution in [-0.2, 0) is 16.0 Å². The quantitative estimate of drug-likeness (QED) is 0.783. The van der Waals surface area contributed by atoms with Crippen molar-refractivity contribution in [3.8, 4) is 0 Å². The Kier molecular flexibility index (Phi) is 7.44. The van der Waals surface area contributed by atoms with Crippen LogP contribution in [0.4, 0.5) is 5.69 Å². The van der Waals surface area contributed by atoms with Gasteiger partial charge >= 0.3 is 0 Å². The Balaban J connectivity index is 1.76. The Labute approximate surface area is 151 Å². The number of benzene rings is 1. The predicted molar refractivity (Wildman–Crippen MR) is 101 cm³/mol. The molecule has 0 saturated carbocycles. The van der Waals surface area contributed by atoms with Crippen LogP contribution < -0.4 is 10.2 Å². The van der Waals surface area contributed by atoms with Gasteiger partial charge in [0.2, 0.25) is 5.91 Å². The molecule has 0 bridgehead atoms. The lowest BCUT2D eigenvalue weighted by molar-refractivity contribution is -0.895. The maximum atomic E-state index is 12.3. The summed E-state index contributed by atoms with van der Waals surface area (Å²) in [6.07, 6.45) is 2.49. The Morgan fingerprint density at radius 2 is 1.88 bits per heavy atom. The number of anilines is 1. The van der Waals surface area contributed by atoms with Crippen LogP contribution in [0.15, 0.2) is 24.3 Å². The second-order valence-corrected chi connectivity index (χ2v) is 7.30. The lowest BCUT2D eigenvalue weighted by Crippen LogP contribution is -3.15. The molecule has 1 aromatic rings. The summed E-state index contributed by atoms with van der Waals surface area (Å²) >= 11 is 0. The molecule has 0 atom stereocenters. The first kappa shape index (κ1) is 19.4. The molecule has 0 radical (unpaired) electrons. The summed E-state index contributed by atoms with van der Waals surface area (Å²) in [5.74, 6) is 0.870. The molecule has 1 fully saturated rings. The molecule has 1 saturated heterocycles. The van der Waals surface area contributed by atoms with E-state index in [1.54, 1.807) is 0 Å². The van der Waals surface area contributed by atoms with E-state index in [1.165, 1.54) is 4.90 Å². The molecule has 1 aliphatic heterocycles. The van der Waals surface area contributed by atoms with E-state index < -0.39 is 0 Å². The van der Waals surface area contributed by atoms with Gasteiger partial charge in [-0.1, -0.05) is 39.0 Å². The number of amides is 2. The third-order valence-corrected chi connectivity index (χ3v) is 4.84. The van der Waals surface area contributed by atoms with E-state index in [1.807, 2.05) is 29.2 Å². The van der Waals surface area contributed by atoms with Crippen LogP contribution in [0.5, 0.6) is 0 Å². The molecule has 25 heavy (non-hydrogen) atoms. The predicted octanol–water partition coefficient (Wildman–Crippen LogP) is 1.35. The molecule has 1 aromatic carbocycles. The molecular formula is C20H32N3O2+. The van der Waals surface area contributed by atoms with E-state index in [9.17, 15) is 9.59 Å². The molecule has 1 aliphatic rings. The van der Waals surface area contributed by atoms with Crippen molar-refractivity contribution in [2.24, 2.45) is 5.92 Å². The maximum Gasteiger partial charge on any atom is 0.279 e. The molecular weight excluding hydrogens is 314 g/mol. The molecule has 1 heterocycles. The fourth-order valence-corrected chi connectivity index (χ4v) is 3.19. The third-order valence-electron chi connectivity index (χ3n) is 4.84. The molecule has 5 nitrogen and oxygen atoms in total. The van der Waals surface area contributed by atoms with Gasteiger partial charge in [-0.3, -0.25) is 9.59 Å². The number of para-hydroxylation sites is 1. The minimum Gasteiger partial charge on any atom is -0.331 e. The zero-order valence-electron chi connectivity index (χ0n) is 15.8. The lowest BCUT2D eigenvalue weighted by atomic mass is 10.1. The monoisotopic (exact) mass is 346 g/mol. The van der Waals surface area contributed by atoms with Crippen LogP contribution in [0.2, 0.25) is 0 Å². The van der Waals surface area contributed by atoms with Crippen molar-refractivity contribution >= 4 is 17.5 Å². The Bertz CT molecular complexity index is 578. The van der Waals surface area contributed by atoms with Gasteiger partial charge in [0, 0.05) is 12.1 Å². The summed E-state index contributed by atoms with van der Waals surface area (Å²) < 4.78 is 0. The fourth-order valence-electron chi connectivity index (χ4n) is 3.19. The van der Waals surface area contributed by atoms with Crippen molar-refractivity contribution in [3.63, 3.8) is 0 Å². The third kappa shape index (κ3) is 6.16. The molecule has 0 aromatic heterocycles. The van der Waals surface area contributed by atoms with Crippen molar-refractivity contribution in [3.05, 3.63) is 29.8 Å². The number of aryl methyl sites for hydroxylation is 1. The average molecular weight is 346 g/mol. The van der Waals surface area contributed by atoms with E-state index in [0.29, 0.717) is 18.9 Å². The summed E-state index contributed by atoms with van der Waals surface area (Å²) in [5, 5.41) is 3.04. The molecule has 138 valence electrons. The van der Waals surface area contributed by atoms with Gasteiger partial charge in [0.1, 0.15) is 0 Å². The minimum absolute atomic E-state index is 0.0514. The highest BCUT2D eigenvalue weighted by Crippen LogP contribution is 2.14. The number of carbonyl (C=O) groups excluding carboxylic acids is 2. The van der Waals surface area contributed by atoms with Crippen molar-refractivity contribution in [2.45, 2.75) is 40.0 Å². The highest BCUT2D eigenvalue weighted by atomic mass is 16.2. The Hall–Kier alpha value is -1.88. The van der Waals surface area contributed by atoms with Crippen LogP contribution in [0.25, 0.3) is 0 Å². The maximum absolute atomic E-state index is 12.3. The van der Waals surface area contributed by atoms with Gasteiger partial charge in [0.15, 0.2) is 6.54 Å².